The minimum Gasteiger partial charge on any atom is -0.368 e. The first kappa shape index (κ1) is 16.3. The van der Waals surface area contributed by atoms with E-state index in [0.29, 0.717) is 12.6 Å². The van der Waals surface area contributed by atoms with E-state index in [1.807, 2.05) is 0 Å². The molecule has 3 N–H and O–H groups in total. The van der Waals surface area contributed by atoms with Gasteiger partial charge in [-0.2, -0.15) is 0 Å². The van der Waals surface area contributed by atoms with Gasteiger partial charge in [-0.15, -0.1) is 0 Å². The number of primary amides is 1. The summed E-state index contributed by atoms with van der Waals surface area (Å²) >= 11 is 0. The largest absolute Gasteiger partial charge is 0.368 e. The standard InChI is InChI=1S/C16H29N3O2/c1-2-3-10-19(11-15(17)20)16(21)14-9-8-12-6-4-5-7-13(12)18-14/h12-14,18H,2-11H2,1H3,(H2,17,20). The van der Waals surface area contributed by atoms with E-state index in [2.05, 4.69) is 12.2 Å². The molecular weight excluding hydrogens is 266 g/mol. The van der Waals surface area contributed by atoms with Crippen LogP contribution in [0.5, 0.6) is 0 Å². The van der Waals surface area contributed by atoms with Crippen molar-refractivity contribution in [3.8, 4) is 0 Å². The van der Waals surface area contributed by atoms with Crippen molar-refractivity contribution in [1.29, 1.82) is 0 Å². The fraction of sp³-hybridized carbons (Fsp3) is 0.875. The van der Waals surface area contributed by atoms with E-state index in [0.717, 1.165) is 31.6 Å². The summed E-state index contributed by atoms with van der Waals surface area (Å²) in [6.07, 6.45) is 9.00. The van der Waals surface area contributed by atoms with Crippen molar-refractivity contribution in [2.45, 2.75) is 70.4 Å². The van der Waals surface area contributed by atoms with Gasteiger partial charge in [-0.25, -0.2) is 0 Å². The highest BCUT2D eigenvalue weighted by atomic mass is 16.2. The molecule has 2 aliphatic rings. The van der Waals surface area contributed by atoms with Gasteiger partial charge in [0.05, 0.1) is 12.6 Å². The van der Waals surface area contributed by atoms with E-state index in [4.69, 9.17) is 5.73 Å². The number of hydrogen-bond donors (Lipinski definition) is 2. The normalized spacial score (nSPS) is 28.7. The zero-order valence-corrected chi connectivity index (χ0v) is 13.1. The number of hydrogen-bond acceptors (Lipinski definition) is 3. The Morgan fingerprint density at radius 2 is 1.95 bits per heavy atom. The van der Waals surface area contributed by atoms with E-state index in [1.165, 1.54) is 25.7 Å². The van der Waals surface area contributed by atoms with Crippen molar-refractivity contribution < 1.29 is 9.59 Å². The fourth-order valence-electron chi connectivity index (χ4n) is 3.71. The van der Waals surface area contributed by atoms with Gasteiger partial charge in [0.15, 0.2) is 0 Å². The van der Waals surface area contributed by atoms with Gasteiger partial charge in [-0.3, -0.25) is 9.59 Å². The van der Waals surface area contributed by atoms with E-state index in [9.17, 15) is 9.59 Å². The molecule has 0 aromatic rings. The second-order valence-corrected chi connectivity index (χ2v) is 6.53. The van der Waals surface area contributed by atoms with Crippen molar-refractivity contribution in [3.05, 3.63) is 0 Å². The molecule has 1 aliphatic heterocycles. The van der Waals surface area contributed by atoms with Crippen LogP contribution >= 0.6 is 0 Å². The molecule has 2 rings (SSSR count). The second kappa shape index (κ2) is 7.78. The predicted octanol–water partition coefficient (Wildman–Crippen LogP) is 1.41. The van der Waals surface area contributed by atoms with Gasteiger partial charge in [0.2, 0.25) is 11.8 Å². The molecule has 0 radical (unpaired) electrons. The van der Waals surface area contributed by atoms with Crippen molar-refractivity contribution in [1.82, 2.24) is 10.2 Å². The lowest BCUT2D eigenvalue weighted by molar-refractivity contribution is -0.138. The van der Waals surface area contributed by atoms with Crippen LogP contribution in [0.15, 0.2) is 0 Å². The number of piperidine rings is 1. The Bertz CT molecular complexity index is 373. The summed E-state index contributed by atoms with van der Waals surface area (Å²) < 4.78 is 0. The van der Waals surface area contributed by atoms with Crippen molar-refractivity contribution in [2.24, 2.45) is 11.7 Å². The molecule has 0 spiro atoms. The molecule has 0 aromatic carbocycles. The van der Waals surface area contributed by atoms with E-state index in [-0.39, 0.29) is 18.5 Å². The maximum Gasteiger partial charge on any atom is 0.240 e. The van der Waals surface area contributed by atoms with Crippen LogP contribution in [0, 0.1) is 5.92 Å². The van der Waals surface area contributed by atoms with Crippen LogP contribution in [0.25, 0.3) is 0 Å². The molecule has 3 atom stereocenters. The second-order valence-electron chi connectivity index (χ2n) is 6.53. The minimum atomic E-state index is -0.425. The Morgan fingerprint density at radius 1 is 1.19 bits per heavy atom. The lowest BCUT2D eigenvalue weighted by atomic mass is 9.77. The van der Waals surface area contributed by atoms with Crippen molar-refractivity contribution >= 4 is 11.8 Å². The molecule has 120 valence electrons. The summed E-state index contributed by atoms with van der Waals surface area (Å²) in [4.78, 5) is 25.5. The fourth-order valence-corrected chi connectivity index (χ4v) is 3.71. The molecule has 1 saturated heterocycles. The van der Waals surface area contributed by atoms with Crippen LogP contribution in [0.3, 0.4) is 0 Å². The Kier molecular flexibility index (Phi) is 6.03. The molecule has 1 saturated carbocycles. The number of nitrogens with one attached hydrogen (secondary N) is 1. The highest BCUT2D eigenvalue weighted by molar-refractivity contribution is 5.87. The number of fused-ring (bicyclic) bond motifs is 1. The number of unbranched alkanes of at least 4 members (excludes halogenated alkanes) is 1. The van der Waals surface area contributed by atoms with Gasteiger partial charge in [0, 0.05) is 12.6 Å². The third kappa shape index (κ3) is 4.43. The molecule has 5 nitrogen and oxygen atoms in total. The van der Waals surface area contributed by atoms with Crippen molar-refractivity contribution in [2.75, 3.05) is 13.1 Å². The lowest BCUT2D eigenvalue weighted by Crippen LogP contribution is -2.56. The van der Waals surface area contributed by atoms with Crippen LogP contribution in [0.1, 0.15) is 58.3 Å². The van der Waals surface area contributed by atoms with Crippen LogP contribution in [-0.2, 0) is 9.59 Å². The average molecular weight is 295 g/mol. The zero-order chi connectivity index (χ0) is 15.2. The maximum atomic E-state index is 12.7. The maximum absolute atomic E-state index is 12.7. The van der Waals surface area contributed by atoms with Gasteiger partial charge in [-0.05, 0) is 38.0 Å². The lowest BCUT2D eigenvalue weighted by Gasteiger charge is -2.41. The molecule has 1 aliphatic carbocycles. The first-order valence-electron chi connectivity index (χ1n) is 8.45. The van der Waals surface area contributed by atoms with Gasteiger partial charge >= 0.3 is 0 Å². The molecule has 21 heavy (non-hydrogen) atoms. The Balaban J connectivity index is 1.94. The number of nitrogens with zero attached hydrogens (tertiary/aromatic N) is 1. The van der Waals surface area contributed by atoms with Crippen LogP contribution in [0.4, 0.5) is 0 Å². The molecule has 3 unspecified atom stereocenters. The van der Waals surface area contributed by atoms with Gasteiger partial charge in [0.1, 0.15) is 0 Å². The third-order valence-electron chi connectivity index (χ3n) is 4.89. The minimum absolute atomic E-state index is 0.0467. The predicted molar refractivity (Wildman–Crippen MR) is 82.6 cm³/mol. The van der Waals surface area contributed by atoms with E-state index >= 15 is 0 Å². The molecule has 0 bridgehead atoms. The number of rotatable bonds is 6. The van der Waals surface area contributed by atoms with E-state index in [1.54, 1.807) is 4.90 Å². The Hall–Kier alpha value is -1.10. The number of amides is 2. The third-order valence-corrected chi connectivity index (χ3v) is 4.89. The van der Waals surface area contributed by atoms with Crippen LogP contribution < -0.4 is 11.1 Å². The SMILES string of the molecule is CCCCN(CC(N)=O)C(=O)C1CCC2CCCCC2N1. The summed E-state index contributed by atoms with van der Waals surface area (Å²) in [5.74, 6) is 0.375. The van der Waals surface area contributed by atoms with Gasteiger partial charge < -0.3 is 16.0 Å². The smallest absolute Gasteiger partial charge is 0.240 e. The topological polar surface area (TPSA) is 75.4 Å². The molecular formula is C16H29N3O2. The first-order chi connectivity index (χ1) is 10.1. The summed E-state index contributed by atoms with van der Waals surface area (Å²) in [6.45, 7) is 2.76. The monoisotopic (exact) mass is 295 g/mol. The van der Waals surface area contributed by atoms with Crippen LogP contribution in [-0.4, -0.2) is 41.9 Å². The first-order valence-corrected chi connectivity index (χ1v) is 8.45. The quantitative estimate of drug-likeness (QED) is 0.778. The Labute approximate surface area is 127 Å². The number of nitrogens with two attached hydrogens (primary N) is 1. The zero-order valence-electron chi connectivity index (χ0n) is 13.1. The van der Waals surface area contributed by atoms with Crippen molar-refractivity contribution in [3.63, 3.8) is 0 Å². The summed E-state index contributed by atoms with van der Waals surface area (Å²) in [6, 6.07) is 0.364. The highest BCUT2D eigenvalue weighted by Crippen LogP contribution is 2.32. The average Bonchev–Trinajstić information content (AvgIpc) is 2.50. The van der Waals surface area contributed by atoms with Crippen LogP contribution in [0.2, 0.25) is 0 Å². The number of carbonyl (C=O) groups is 2. The van der Waals surface area contributed by atoms with Gasteiger partial charge in [-0.1, -0.05) is 26.2 Å². The Morgan fingerprint density at radius 3 is 2.67 bits per heavy atom. The highest BCUT2D eigenvalue weighted by Gasteiger charge is 2.36. The molecule has 5 heteroatoms. The number of carbonyl (C=O) groups excluding carboxylic acids is 2. The summed E-state index contributed by atoms with van der Waals surface area (Å²) in [5, 5.41) is 3.54. The molecule has 2 fully saturated rings. The summed E-state index contributed by atoms with van der Waals surface area (Å²) in [7, 11) is 0. The van der Waals surface area contributed by atoms with Gasteiger partial charge in [0.25, 0.3) is 0 Å². The van der Waals surface area contributed by atoms with E-state index < -0.39 is 5.91 Å². The molecule has 0 aromatic heterocycles. The summed E-state index contributed by atoms with van der Waals surface area (Å²) in [5.41, 5.74) is 5.29. The molecule has 2 amide bonds. The molecule has 1 heterocycles.